The maximum Gasteiger partial charge on any atom is 0.248 e. The number of nitrogens with one attached hydrogen (secondary N) is 1. The maximum atomic E-state index is 12.5. The summed E-state index contributed by atoms with van der Waals surface area (Å²) in [7, 11) is -0.955. The number of hydrogen-bond acceptors (Lipinski definition) is 3. The molecule has 0 aromatic heterocycles. The smallest absolute Gasteiger partial charge is 0.248 e. The molecule has 0 aliphatic rings. The number of para-hydroxylation sites is 1. The van der Waals surface area contributed by atoms with Crippen molar-refractivity contribution in [2.75, 3.05) is 19.4 Å². The zero-order chi connectivity index (χ0) is 16.2. The van der Waals surface area contributed by atoms with Crippen LogP contribution in [0.5, 0.6) is 0 Å². The Morgan fingerprint density at radius 3 is 1.95 bits per heavy atom. The fourth-order valence-electron chi connectivity index (χ4n) is 2.03. The summed E-state index contributed by atoms with van der Waals surface area (Å²) in [5.41, 5.74) is 0.993. The highest BCUT2D eigenvalue weighted by Gasteiger charge is 2.35. The van der Waals surface area contributed by atoms with Crippen molar-refractivity contribution in [2.24, 2.45) is 0 Å². The Kier molecular flexibility index (Phi) is 4.95. The third-order valence-electron chi connectivity index (χ3n) is 3.19. The summed E-state index contributed by atoms with van der Waals surface area (Å²) in [6.07, 6.45) is 0. The number of carbonyl (C=O) groups excluding carboxylic acids is 1. The minimum Gasteiger partial charge on any atom is -0.325 e. The molecule has 2 rings (SSSR count). The van der Waals surface area contributed by atoms with E-state index in [1.807, 2.05) is 6.07 Å². The molecule has 22 heavy (non-hydrogen) atoms. The fourth-order valence-corrected chi connectivity index (χ4v) is 3.28. The van der Waals surface area contributed by atoms with Crippen molar-refractivity contribution in [2.45, 2.75) is 5.25 Å². The van der Waals surface area contributed by atoms with Crippen LogP contribution in [0, 0.1) is 0 Å². The van der Waals surface area contributed by atoms with E-state index in [2.05, 4.69) is 5.32 Å². The van der Waals surface area contributed by atoms with Gasteiger partial charge in [0, 0.05) is 19.8 Å². The first-order valence-corrected chi connectivity index (χ1v) is 8.25. The van der Waals surface area contributed by atoms with Crippen molar-refractivity contribution < 1.29 is 13.2 Å². The summed E-state index contributed by atoms with van der Waals surface area (Å²) in [5, 5.41) is 1.37. The number of amides is 1. The lowest BCUT2D eigenvalue weighted by Crippen LogP contribution is -2.35. The van der Waals surface area contributed by atoms with Crippen molar-refractivity contribution in [3.63, 3.8) is 0 Å². The molecular weight excluding hydrogens is 300 g/mol. The van der Waals surface area contributed by atoms with Crippen LogP contribution in [-0.2, 0) is 14.8 Å². The lowest BCUT2D eigenvalue weighted by Gasteiger charge is -2.21. The largest absolute Gasteiger partial charge is 0.325 e. The molecule has 5 nitrogen and oxygen atoms in total. The van der Waals surface area contributed by atoms with Gasteiger partial charge in [-0.25, -0.2) is 12.7 Å². The van der Waals surface area contributed by atoms with Crippen LogP contribution in [-0.4, -0.2) is 32.7 Å². The number of sulfonamides is 1. The zero-order valence-electron chi connectivity index (χ0n) is 12.4. The van der Waals surface area contributed by atoms with E-state index in [0.717, 1.165) is 4.31 Å². The molecule has 0 heterocycles. The average Bonchev–Trinajstić information content (AvgIpc) is 2.49. The summed E-state index contributed by atoms with van der Waals surface area (Å²) < 4.78 is 26.1. The molecule has 1 N–H and O–H groups in total. The topological polar surface area (TPSA) is 66.5 Å². The number of carbonyl (C=O) groups is 1. The monoisotopic (exact) mass is 318 g/mol. The van der Waals surface area contributed by atoms with Crippen molar-refractivity contribution in [1.29, 1.82) is 0 Å². The molecule has 0 fully saturated rings. The van der Waals surface area contributed by atoms with Gasteiger partial charge in [0.1, 0.15) is 0 Å². The Morgan fingerprint density at radius 2 is 1.45 bits per heavy atom. The standard InChI is InChI=1S/C16H18N2O3S/c1-18(2)22(20,21)15(13-9-5-3-6-10-13)16(19)17-14-11-7-4-8-12-14/h3-12,15H,1-2H3,(H,17,19). The van der Waals surface area contributed by atoms with Crippen LogP contribution in [0.1, 0.15) is 10.8 Å². The second-order valence-electron chi connectivity index (χ2n) is 4.97. The van der Waals surface area contributed by atoms with E-state index in [0.29, 0.717) is 11.3 Å². The maximum absolute atomic E-state index is 12.5. The molecule has 0 saturated heterocycles. The summed E-state index contributed by atoms with van der Waals surface area (Å²) in [6.45, 7) is 0. The SMILES string of the molecule is CN(C)S(=O)(=O)C(C(=O)Nc1ccccc1)c1ccccc1. The molecule has 0 aliphatic heterocycles. The summed E-state index contributed by atoms with van der Waals surface area (Å²) in [4.78, 5) is 12.5. The first-order chi connectivity index (χ1) is 10.4. The van der Waals surface area contributed by atoms with Gasteiger partial charge in [-0.05, 0) is 17.7 Å². The van der Waals surface area contributed by atoms with Crippen molar-refractivity contribution in [1.82, 2.24) is 4.31 Å². The first kappa shape index (κ1) is 16.2. The lowest BCUT2D eigenvalue weighted by molar-refractivity contribution is -0.116. The van der Waals surface area contributed by atoms with Crippen LogP contribution in [0.15, 0.2) is 60.7 Å². The molecule has 0 bridgehead atoms. The van der Waals surface area contributed by atoms with Gasteiger partial charge in [-0.3, -0.25) is 4.79 Å². The van der Waals surface area contributed by atoms with E-state index in [1.165, 1.54) is 14.1 Å². The van der Waals surface area contributed by atoms with Crippen LogP contribution >= 0.6 is 0 Å². The second kappa shape index (κ2) is 6.72. The molecule has 6 heteroatoms. The molecule has 0 radical (unpaired) electrons. The molecule has 2 aromatic rings. The first-order valence-electron chi connectivity index (χ1n) is 6.75. The fraction of sp³-hybridized carbons (Fsp3) is 0.188. The van der Waals surface area contributed by atoms with E-state index in [4.69, 9.17) is 0 Å². The second-order valence-corrected chi connectivity index (χ2v) is 7.20. The Morgan fingerprint density at radius 1 is 0.955 bits per heavy atom. The third kappa shape index (κ3) is 3.52. The van der Waals surface area contributed by atoms with E-state index >= 15 is 0 Å². The summed E-state index contributed by atoms with van der Waals surface area (Å²) >= 11 is 0. The van der Waals surface area contributed by atoms with Crippen molar-refractivity contribution in [3.05, 3.63) is 66.2 Å². The molecule has 0 spiro atoms. The van der Waals surface area contributed by atoms with Gasteiger partial charge >= 0.3 is 0 Å². The van der Waals surface area contributed by atoms with E-state index in [9.17, 15) is 13.2 Å². The predicted molar refractivity (Wildman–Crippen MR) is 86.9 cm³/mol. The Bertz CT molecular complexity index is 729. The van der Waals surface area contributed by atoms with Gasteiger partial charge in [0.25, 0.3) is 0 Å². The summed E-state index contributed by atoms with van der Waals surface area (Å²) in [6, 6.07) is 17.3. The summed E-state index contributed by atoms with van der Waals surface area (Å²) in [5.74, 6) is -0.578. The van der Waals surface area contributed by atoms with Gasteiger partial charge in [0.15, 0.2) is 5.25 Å². The van der Waals surface area contributed by atoms with Gasteiger partial charge in [-0.2, -0.15) is 0 Å². The number of nitrogens with zero attached hydrogens (tertiary/aromatic N) is 1. The van der Waals surface area contributed by atoms with Gasteiger partial charge in [-0.15, -0.1) is 0 Å². The van der Waals surface area contributed by atoms with Crippen molar-refractivity contribution >= 4 is 21.6 Å². The predicted octanol–water partition coefficient (Wildman–Crippen LogP) is 2.26. The van der Waals surface area contributed by atoms with E-state index < -0.39 is 21.2 Å². The van der Waals surface area contributed by atoms with Crippen molar-refractivity contribution in [3.8, 4) is 0 Å². The third-order valence-corrected chi connectivity index (χ3v) is 5.29. The quantitative estimate of drug-likeness (QED) is 0.919. The highest BCUT2D eigenvalue weighted by Crippen LogP contribution is 2.26. The lowest BCUT2D eigenvalue weighted by atomic mass is 10.1. The molecular formula is C16H18N2O3S. The molecule has 1 amide bonds. The number of hydrogen-bond donors (Lipinski definition) is 1. The molecule has 2 aromatic carbocycles. The molecule has 1 unspecified atom stereocenters. The van der Waals surface area contributed by atoms with Crippen LogP contribution in [0.25, 0.3) is 0 Å². The molecule has 1 atom stereocenters. The number of rotatable bonds is 5. The van der Waals surface area contributed by atoms with E-state index in [-0.39, 0.29) is 0 Å². The highest BCUT2D eigenvalue weighted by molar-refractivity contribution is 7.90. The zero-order valence-corrected chi connectivity index (χ0v) is 13.2. The minimum atomic E-state index is -3.79. The van der Waals surface area contributed by atoms with Gasteiger partial charge in [0.05, 0.1) is 0 Å². The molecule has 116 valence electrons. The van der Waals surface area contributed by atoms with Crippen LogP contribution in [0.4, 0.5) is 5.69 Å². The normalized spacial score (nSPS) is 12.9. The van der Waals surface area contributed by atoms with Gasteiger partial charge < -0.3 is 5.32 Å². The Balaban J connectivity index is 2.39. The number of benzene rings is 2. The van der Waals surface area contributed by atoms with Crippen LogP contribution in [0.2, 0.25) is 0 Å². The highest BCUT2D eigenvalue weighted by atomic mass is 32.2. The molecule has 0 saturated carbocycles. The minimum absolute atomic E-state index is 0.435. The molecule has 0 aliphatic carbocycles. The average molecular weight is 318 g/mol. The Labute approximate surface area is 130 Å². The van der Waals surface area contributed by atoms with Crippen LogP contribution in [0.3, 0.4) is 0 Å². The van der Waals surface area contributed by atoms with Gasteiger partial charge in [-0.1, -0.05) is 48.5 Å². The van der Waals surface area contributed by atoms with Gasteiger partial charge in [0.2, 0.25) is 15.9 Å². The number of anilines is 1. The van der Waals surface area contributed by atoms with Crippen LogP contribution < -0.4 is 5.32 Å². The Hall–Kier alpha value is -2.18. The van der Waals surface area contributed by atoms with E-state index in [1.54, 1.807) is 54.6 Å².